The normalized spacial score (nSPS) is 10.6. The lowest BCUT2D eigenvalue weighted by molar-refractivity contribution is 0.409. The van der Waals surface area contributed by atoms with Crippen molar-refractivity contribution in [3.8, 4) is 5.75 Å². The van der Waals surface area contributed by atoms with Gasteiger partial charge in [-0.05, 0) is 62.5 Å². The first-order valence-corrected chi connectivity index (χ1v) is 6.88. The summed E-state index contributed by atoms with van der Waals surface area (Å²) >= 11 is 0. The van der Waals surface area contributed by atoms with E-state index in [0.717, 1.165) is 51.1 Å². The summed E-state index contributed by atoms with van der Waals surface area (Å²) in [5.74, 6) is 0.996. The first-order chi connectivity index (χ1) is 8.81. The summed E-state index contributed by atoms with van der Waals surface area (Å²) in [6.07, 6.45) is 4.34. The quantitative estimate of drug-likeness (QED) is 0.660. The molecule has 0 aliphatic carbocycles. The molecular weight excluding hydrogens is 224 g/mol. The van der Waals surface area contributed by atoms with Crippen LogP contribution in [0.2, 0.25) is 0 Å². The average molecular weight is 250 g/mol. The van der Waals surface area contributed by atoms with Gasteiger partial charge in [-0.3, -0.25) is 0 Å². The molecule has 0 fully saturated rings. The second kappa shape index (κ2) is 8.95. The minimum Gasteiger partial charge on any atom is -0.496 e. The van der Waals surface area contributed by atoms with Gasteiger partial charge in [0.05, 0.1) is 7.11 Å². The Balaban J connectivity index is 2.39. The Kier molecular flexibility index (Phi) is 7.46. The Morgan fingerprint density at radius 3 is 2.72 bits per heavy atom. The highest BCUT2D eigenvalue weighted by atomic mass is 16.5. The first kappa shape index (κ1) is 15.0. The van der Waals surface area contributed by atoms with Crippen molar-refractivity contribution in [2.24, 2.45) is 5.73 Å². The van der Waals surface area contributed by atoms with Gasteiger partial charge in [-0.1, -0.05) is 19.1 Å². The molecule has 1 rings (SSSR count). The van der Waals surface area contributed by atoms with Gasteiger partial charge in [0.1, 0.15) is 5.75 Å². The minimum absolute atomic E-state index is 0.786. The van der Waals surface area contributed by atoms with E-state index in [2.05, 4.69) is 30.4 Å². The number of ether oxygens (including phenoxy) is 1. The molecule has 18 heavy (non-hydrogen) atoms. The van der Waals surface area contributed by atoms with E-state index in [9.17, 15) is 0 Å². The van der Waals surface area contributed by atoms with Crippen LogP contribution in [0.5, 0.6) is 5.75 Å². The van der Waals surface area contributed by atoms with E-state index < -0.39 is 0 Å². The monoisotopic (exact) mass is 250 g/mol. The summed E-state index contributed by atoms with van der Waals surface area (Å²) in [6, 6.07) is 6.46. The van der Waals surface area contributed by atoms with Crippen LogP contribution in [0.4, 0.5) is 0 Å². The summed E-state index contributed by atoms with van der Waals surface area (Å²) in [5, 5.41) is 3.45. The number of methoxy groups -OCH3 is 1. The van der Waals surface area contributed by atoms with Gasteiger partial charge in [-0.15, -0.1) is 0 Å². The third-order valence-electron chi connectivity index (χ3n) is 3.13. The van der Waals surface area contributed by atoms with E-state index in [4.69, 9.17) is 10.5 Å². The van der Waals surface area contributed by atoms with Gasteiger partial charge < -0.3 is 15.8 Å². The van der Waals surface area contributed by atoms with Gasteiger partial charge in [0, 0.05) is 0 Å². The van der Waals surface area contributed by atoms with E-state index in [1.807, 2.05) is 0 Å². The van der Waals surface area contributed by atoms with Gasteiger partial charge >= 0.3 is 0 Å². The molecule has 102 valence electrons. The molecule has 1 aromatic rings. The van der Waals surface area contributed by atoms with Crippen molar-refractivity contribution in [1.82, 2.24) is 5.32 Å². The fourth-order valence-electron chi connectivity index (χ4n) is 1.99. The molecule has 0 atom stereocenters. The number of hydrogen-bond acceptors (Lipinski definition) is 3. The zero-order valence-corrected chi connectivity index (χ0v) is 11.7. The van der Waals surface area contributed by atoms with Crippen molar-refractivity contribution in [2.45, 2.75) is 32.6 Å². The zero-order chi connectivity index (χ0) is 13.2. The Labute approximate surface area is 111 Å². The van der Waals surface area contributed by atoms with E-state index >= 15 is 0 Å². The second-order valence-electron chi connectivity index (χ2n) is 4.50. The first-order valence-electron chi connectivity index (χ1n) is 6.88. The third kappa shape index (κ3) is 5.07. The highest BCUT2D eigenvalue weighted by molar-refractivity contribution is 5.37. The van der Waals surface area contributed by atoms with Gasteiger partial charge in [0.2, 0.25) is 0 Å². The van der Waals surface area contributed by atoms with Crippen LogP contribution in [0.1, 0.15) is 30.9 Å². The number of nitrogens with one attached hydrogen (secondary N) is 1. The van der Waals surface area contributed by atoms with Crippen LogP contribution in [0.3, 0.4) is 0 Å². The molecule has 0 unspecified atom stereocenters. The number of unbranched alkanes of at least 4 members (excludes halogenated alkanes) is 1. The van der Waals surface area contributed by atoms with E-state index in [1.165, 1.54) is 11.1 Å². The maximum absolute atomic E-state index is 5.46. The van der Waals surface area contributed by atoms with Gasteiger partial charge in [-0.25, -0.2) is 0 Å². The van der Waals surface area contributed by atoms with E-state index in [0.29, 0.717) is 0 Å². The highest BCUT2D eigenvalue weighted by Crippen LogP contribution is 2.20. The van der Waals surface area contributed by atoms with Crippen molar-refractivity contribution in [2.75, 3.05) is 26.7 Å². The van der Waals surface area contributed by atoms with Gasteiger partial charge in [-0.2, -0.15) is 0 Å². The Morgan fingerprint density at radius 2 is 2.06 bits per heavy atom. The van der Waals surface area contributed by atoms with Crippen molar-refractivity contribution >= 4 is 0 Å². The second-order valence-corrected chi connectivity index (χ2v) is 4.50. The molecule has 0 aliphatic heterocycles. The highest BCUT2D eigenvalue weighted by Gasteiger charge is 2.03. The SMILES string of the molecule is CCc1ccc(OC)c(CCNCCCCN)c1. The molecule has 0 amide bonds. The summed E-state index contributed by atoms with van der Waals surface area (Å²) in [4.78, 5) is 0. The smallest absolute Gasteiger partial charge is 0.122 e. The van der Waals surface area contributed by atoms with Crippen LogP contribution in [0.25, 0.3) is 0 Å². The van der Waals surface area contributed by atoms with Crippen molar-refractivity contribution in [3.05, 3.63) is 29.3 Å². The third-order valence-corrected chi connectivity index (χ3v) is 3.13. The van der Waals surface area contributed by atoms with Crippen molar-refractivity contribution in [1.29, 1.82) is 0 Å². The van der Waals surface area contributed by atoms with E-state index in [1.54, 1.807) is 7.11 Å². The Morgan fingerprint density at radius 1 is 1.22 bits per heavy atom. The molecular formula is C15H26N2O. The fourth-order valence-corrected chi connectivity index (χ4v) is 1.99. The molecule has 0 radical (unpaired) electrons. The van der Waals surface area contributed by atoms with Crippen LogP contribution in [0, 0.1) is 0 Å². The van der Waals surface area contributed by atoms with Gasteiger partial charge in [0.25, 0.3) is 0 Å². The molecule has 0 spiro atoms. The maximum Gasteiger partial charge on any atom is 0.122 e. The molecule has 0 saturated carbocycles. The number of benzene rings is 1. The van der Waals surface area contributed by atoms with Crippen LogP contribution in [-0.4, -0.2) is 26.7 Å². The summed E-state index contributed by atoms with van der Waals surface area (Å²) in [6.45, 7) is 5.01. The van der Waals surface area contributed by atoms with Crippen molar-refractivity contribution in [3.63, 3.8) is 0 Å². The lowest BCUT2D eigenvalue weighted by atomic mass is 10.1. The number of aryl methyl sites for hydroxylation is 1. The molecule has 0 aliphatic rings. The fraction of sp³-hybridized carbons (Fsp3) is 0.600. The predicted octanol–water partition coefficient (Wildman–Crippen LogP) is 2.13. The van der Waals surface area contributed by atoms with Crippen molar-refractivity contribution < 1.29 is 4.74 Å². The van der Waals surface area contributed by atoms with Gasteiger partial charge in [0.15, 0.2) is 0 Å². The standard InChI is InChI=1S/C15H26N2O/c1-3-13-6-7-15(18-2)14(12-13)8-11-17-10-5-4-9-16/h6-7,12,17H,3-5,8-11,16H2,1-2H3. The van der Waals surface area contributed by atoms with E-state index in [-0.39, 0.29) is 0 Å². The minimum atomic E-state index is 0.786. The molecule has 1 aromatic carbocycles. The largest absolute Gasteiger partial charge is 0.496 e. The van der Waals surface area contributed by atoms with Crippen LogP contribution in [-0.2, 0) is 12.8 Å². The van der Waals surface area contributed by atoms with Crippen LogP contribution in [0.15, 0.2) is 18.2 Å². The average Bonchev–Trinajstić information content (AvgIpc) is 2.42. The number of rotatable bonds is 9. The topological polar surface area (TPSA) is 47.3 Å². The molecule has 0 heterocycles. The molecule has 0 aromatic heterocycles. The number of hydrogen-bond donors (Lipinski definition) is 2. The Bertz CT molecular complexity index is 339. The van der Waals surface area contributed by atoms with Crippen LogP contribution < -0.4 is 15.8 Å². The zero-order valence-electron chi connectivity index (χ0n) is 11.7. The lowest BCUT2D eigenvalue weighted by Crippen LogP contribution is -2.19. The lowest BCUT2D eigenvalue weighted by Gasteiger charge is -2.11. The molecule has 3 heteroatoms. The predicted molar refractivity (Wildman–Crippen MR) is 77.2 cm³/mol. The molecule has 3 nitrogen and oxygen atoms in total. The summed E-state index contributed by atoms with van der Waals surface area (Å²) in [5.41, 5.74) is 8.12. The summed E-state index contributed by atoms with van der Waals surface area (Å²) in [7, 11) is 1.74. The molecule has 0 bridgehead atoms. The number of nitrogens with two attached hydrogens (primary N) is 1. The molecule has 0 saturated heterocycles. The van der Waals surface area contributed by atoms with Crippen LogP contribution >= 0.6 is 0 Å². The Hall–Kier alpha value is -1.06. The molecule has 3 N–H and O–H groups in total. The summed E-state index contributed by atoms with van der Waals surface area (Å²) < 4.78 is 5.40. The maximum atomic E-state index is 5.46.